The maximum atomic E-state index is 11.7. The summed E-state index contributed by atoms with van der Waals surface area (Å²) in [4.78, 5) is 35.1. The number of benzene rings is 1. The number of amides is 2. The number of fused-ring (bicyclic) bond motifs is 1. The number of carbonyl (C=O) groups excluding carboxylic acids is 2. The van der Waals surface area contributed by atoms with Gasteiger partial charge in [-0.15, -0.1) is 0 Å². The first-order chi connectivity index (χ1) is 8.90. The molecule has 1 aromatic rings. The Kier molecular flexibility index (Phi) is 3.20. The van der Waals surface area contributed by atoms with Gasteiger partial charge in [0.05, 0.1) is 16.3 Å². The standard InChI is InChI=1S/C12H13N3O4/c1-7-5-12(17)13-10-6-9(15(18)19)3-4-11(10)14(7)8(2)16/h3-4,6-7H,5H2,1-2H3,(H,13,17)/t7-/m0/s1. The molecule has 0 fully saturated rings. The summed E-state index contributed by atoms with van der Waals surface area (Å²) < 4.78 is 0. The van der Waals surface area contributed by atoms with Gasteiger partial charge in [-0.3, -0.25) is 19.7 Å². The molecule has 0 saturated heterocycles. The van der Waals surface area contributed by atoms with Crippen molar-refractivity contribution >= 4 is 28.9 Å². The van der Waals surface area contributed by atoms with E-state index in [2.05, 4.69) is 5.32 Å². The Morgan fingerprint density at radius 3 is 2.79 bits per heavy atom. The molecule has 0 aromatic heterocycles. The zero-order chi connectivity index (χ0) is 14.2. The minimum atomic E-state index is -0.543. The van der Waals surface area contributed by atoms with Gasteiger partial charge in [0, 0.05) is 31.5 Å². The number of non-ortho nitro benzene ring substituents is 1. The van der Waals surface area contributed by atoms with Crippen LogP contribution in [0.2, 0.25) is 0 Å². The van der Waals surface area contributed by atoms with E-state index in [1.807, 2.05) is 0 Å². The first-order valence-corrected chi connectivity index (χ1v) is 5.78. The summed E-state index contributed by atoms with van der Waals surface area (Å²) in [5, 5.41) is 13.3. The van der Waals surface area contributed by atoms with Gasteiger partial charge in [0.1, 0.15) is 0 Å². The molecule has 100 valence electrons. The van der Waals surface area contributed by atoms with Gasteiger partial charge in [-0.05, 0) is 13.0 Å². The molecule has 19 heavy (non-hydrogen) atoms. The Bertz CT molecular complexity index is 570. The molecule has 0 bridgehead atoms. The van der Waals surface area contributed by atoms with E-state index in [-0.39, 0.29) is 30.0 Å². The van der Waals surface area contributed by atoms with Crippen LogP contribution in [0.25, 0.3) is 0 Å². The molecule has 1 heterocycles. The number of carbonyl (C=O) groups is 2. The van der Waals surface area contributed by atoms with E-state index >= 15 is 0 Å². The van der Waals surface area contributed by atoms with Gasteiger partial charge in [-0.25, -0.2) is 0 Å². The molecule has 1 N–H and O–H groups in total. The molecule has 0 radical (unpaired) electrons. The lowest BCUT2D eigenvalue weighted by Crippen LogP contribution is -2.37. The summed E-state index contributed by atoms with van der Waals surface area (Å²) in [6.07, 6.45) is 0.155. The highest BCUT2D eigenvalue weighted by molar-refractivity contribution is 6.04. The minimum Gasteiger partial charge on any atom is -0.324 e. The second-order valence-electron chi connectivity index (χ2n) is 4.45. The number of rotatable bonds is 1. The molecule has 1 aromatic carbocycles. The molecule has 1 aliphatic rings. The maximum Gasteiger partial charge on any atom is 0.271 e. The van der Waals surface area contributed by atoms with E-state index in [9.17, 15) is 19.7 Å². The molecule has 2 rings (SSSR count). The fourth-order valence-corrected chi connectivity index (χ4v) is 2.23. The summed E-state index contributed by atoms with van der Waals surface area (Å²) >= 11 is 0. The van der Waals surface area contributed by atoms with Crippen LogP contribution < -0.4 is 10.2 Å². The van der Waals surface area contributed by atoms with Gasteiger partial charge in [-0.2, -0.15) is 0 Å². The molecule has 0 aliphatic carbocycles. The molecular weight excluding hydrogens is 250 g/mol. The van der Waals surface area contributed by atoms with Crippen molar-refractivity contribution in [1.82, 2.24) is 0 Å². The molecule has 7 heteroatoms. The first-order valence-electron chi connectivity index (χ1n) is 5.78. The van der Waals surface area contributed by atoms with Crippen molar-refractivity contribution in [2.45, 2.75) is 26.3 Å². The monoisotopic (exact) mass is 263 g/mol. The van der Waals surface area contributed by atoms with Crippen molar-refractivity contribution in [3.05, 3.63) is 28.3 Å². The van der Waals surface area contributed by atoms with Crippen LogP contribution in [0.5, 0.6) is 0 Å². The van der Waals surface area contributed by atoms with Crippen molar-refractivity contribution in [3.8, 4) is 0 Å². The summed E-state index contributed by atoms with van der Waals surface area (Å²) in [5.41, 5.74) is 0.646. The molecule has 0 spiro atoms. The van der Waals surface area contributed by atoms with Crippen molar-refractivity contribution < 1.29 is 14.5 Å². The van der Waals surface area contributed by atoms with Crippen molar-refractivity contribution in [3.63, 3.8) is 0 Å². The summed E-state index contributed by atoms with van der Waals surface area (Å²) in [6, 6.07) is 3.78. The van der Waals surface area contributed by atoms with Crippen LogP contribution in [0.4, 0.5) is 17.1 Å². The number of hydrogen-bond donors (Lipinski definition) is 1. The normalized spacial score (nSPS) is 18.3. The van der Waals surface area contributed by atoms with Gasteiger partial charge < -0.3 is 10.2 Å². The molecular formula is C12H13N3O4. The third-order valence-corrected chi connectivity index (χ3v) is 2.99. The third kappa shape index (κ3) is 2.40. The summed E-state index contributed by atoms with van der Waals surface area (Å²) in [7, 11) is 0. The predicted molar refractivity (Wildman–Crippen MR) is 69.0 cm³/mol. The van der Waals surface area contributed by atoms with E-state index in [0.717, 1.165) is 0 Å². The van der Waals surface area contributed by atoms with Crippen LogP contribution in [0.1, 0.15) is 20.3 Å². The molecule has 2 amide bonds. The van der Waals surface area contributed by atoms with Crippen LogP contribution in [0.3, 0.4) is 0 Å². The number of nitro groups is 1. The smallest absolute Gasteiger partial charge is 0.271 e. The first kappa shape index (κ1) is 13.0. The van der Waals surface area contributed by atoms with Gasteiger partial charge in [0.15, 0.2) is 0 Å². The van der Waals surface area contributed by atoms with Gasteiger partial charge in [0.2, 0.25) is 11.8 Å². The van der Waals surface area contributed by atoms with E-state index in [0.29, 0.717) is 11.4 Å². The van der Waals surface area contributed by atoms with Gasteiger partial charge >= 0.3 is 0 Å². The third-order valence-electron chi connectivity index (χ3n) is 2.99. The minimum absolute atomic E-state index is 0.128. The lowest BCUT2D eigenvalue weighted by atomic mass is 10.1. The largest absolute Gasteiger partial charge is 0.324 e. The topological polar surface area (TPSA) is 92.6 Å². The van der Waals surface area contributed by atoms with Crippen LogP contribution in [-0.4, -0.2) is 22.8 Å². The summed E-state index contributed by atoms with van der Waals surface area (Å²) in [5.74, 6) is -0.475. The Morgan fingerprint density at radius 2 is 2.21 bits per heavy atom. The molecule has 1 aliphatic heterocycles. The average Bonchev–Trinajstić information content (AvgIpc) is 2.41. The van der Waals surface area contributed by atoms with E-state index < -0.39 is 4.92 Å². The quantitative estimate of drug-likeness (QED) is 0.616. The lowest BCUT2D eigenvalue weighted by Gasteiger charge is -2.26. The number of nitrogens with one attached hydrogen (secondary N) is 1. The summed E-state index contributed by atoms with van der Waals surface area (Å²) in [6.45, 7) is 3.16. The Balaban J connectivity index is 2.57. The highest BCUT2D eigenvalue weighted by Crippen LogP contribution is 2.34. The van der Waals surface area contributed by atoms with Crippen LogP contribution in [0, 0.1) is 10.1 Å². The molecule has 0 saturated carbocycles. The fraction of sp³-hybridized carbons (Fsp3) is 0.333. The maximum absolute atomic E-state index is 11.7. The van der Waals surface area contributed by atoms with Crippen LogP contribution >= 0.6 is 0 Å². The Hall–Kier alpha value is -2.44. The molecule has 7 nitrogen and oxygen atoms in total. The highest BCUT2D eigenvalue weighted by atomic mass is 16.6. The Labute approximate surface area is 109 Å². The number of hydrogen-bond acceptors (Lipinski definition) is 4. The van der Waals surface area contributed by atoms with Crippen molar-refractivity contribution in [1.29, 1.82) is 0 Å². The zero-order valence-corrected chi connectivity index (χ0v) is 10.5. The van der Waals surface area contributed by atoms with E-state index in [4.69, 9.17) is 0 Å². The van der Waals surface area contributed by atoms with Crippen molar-refractivity contribution in [2.24, 2.45) is 0 Å². The second-order valence-corrected chi connectivity index (χ2v) is 4.45. The zero-order valence-electron chi connectivity index (χ0n) is 10.5. The Morgan fingerprint density at radius 1 is 1.53 bits per heavy atom. The van der Waals surface area contributed by atoms with Crippen molar-refractivity contribution in [2.75, 3.05) is 10.2 Å². The van der Waals surface area contributed by atoms with Gasteiger partial charge in [-0.1, -0.05) is 0 Å². The number of nitro benzene ring substituents is 1. The van der Waals surface area contributed by atoms with Gasteiger partial charge in [0.25, 0.3) is 5.69 Å². The lowest BCUT2D eigenvalue weighted by molar-refractivity contribution is -0.384. The van der Waals surface area contributed by atoms with E-state index in [1.54, 1.807) is 6.92 Å². The predicted octanol–water partition coefficient (Wildman–Crippen LogP) is 1.68. The number of anilines is 2. The van der Waals surface area contributed by atoms with Crippen LogP contribution in [-0.2, 0) is 9.59 Å². The molecule has 1 atom stereocenters. The van der Waals surface area contributed by atoms with Crippen LogP contribution in [0.15, 0.2) is 18.2 Å². The SMILES string of the molecule is CC(=O)N1c2ccc([N+](=O)[O-])cc2NC(=O)C[C@@H]1C. The highest BCUT2D eigenvalue weighted by Gasteiger charge is 2.28. The average molecular weight is 263 g/mol. The van der Waals surface area contributed by atoms with E-state index in [1.165, 1.54) is 30.0 Å². The molecule has 0 unspecified atom stereocenters. The fourth-order valence-electron chi connectivity index (χ4n) is 2.23. The number of nitrogens with zero attached hydrogens (tertiary/aromatic N) is 2. The second kappa shape index (κ2) is 4.68.